The minimum absolute atomic E-state index is 0.311. The van der Waals surface area contributed by atoms with Crippen LogP contribution < -0.4 is 11.1 Å². The molecule has 2 aromatic heterocycles. The van der Waals surface area contributed by atoms with Gasteiger partial charge in [0.2, 0.25) is 0 Å². The zero-order valence-electron chi connectivity index (χ0n) is 16.5. The van der Waals surface area contributed by atoms with Crippen LogP contribution in [-0.2, 0) is 0 Å². The number of nitrogens with two attached hydrogens (primary N) is 1. The van der Waals surface area contributed by atoms with Crippen molar-refractivity contribution in [2.45, 2.75) is 6.04 Å². The minimum atomic E-state index is 0.311. The Labute approximate surface area is 179 Å². The summed E-state index contributed by atoms with van der Waals surface area (Å²) in [7, 11) is 2.09. The van der Waals surface area contributed by atoms with Crippen molar-refractivity contribution in [1.29, 1.82) is 0 Å². The first-order valence-corrected chi connectivity index (χ1v) is 10.2. The van der Waals surface area contributed by atoms with E-state index in [1.165, 1.54) is 0 Å². The van der Waals surface area contributed by atoms with Crippen LogP contribution in [0.3, 0.4) is 0 Å². The predicted octanol–water partition coefficient (Wildman–Crippen LogP) is 4.32. The molecule has 0 saturated carbocycles. The molecule has 0 aliphatic carbocycles. The summed E-state index contributed by atoms with van der Waals surface area (Å²) in [5.41, 5.74) is 10.4. The van der Waals surface area contributed by atoms with Gasteiger partial charge in [-0.15, -0.1) is 0 Å². The monoisotopic (exact) mass is 416 g/mol. The summed E-state index contributed by atoms with van der Waals surface area (Å²) in [4.78, 5) is 16.3. The molecule has 0 unspecified atom stereocenters. The number of anilines is 2. The summed E-state index contributed by atoms with van der Waals surface area (Å²) >= 11 is 6.56. The number of aromatic nitrogens is 3. The molecule has 1 aliphatic rings. The molecule has 0 atom stereocenters. The summed E-state index contributed by atoms with van der Waals surface area (Å²) in [6.45, 7) is 1.90. The molecule has 1 saturated heterocycles. The number of nitrogens with zero attached hydrogens (tertiary/aromatic N) is 4. The lowest BCUT2D eigenvalue weighted by Gasteiger charge is -2.37. The number of likely N-dealkylation sites (tertiary alicyclic amines) is 1. The molecular weight excluding hydrogens is 396 g/mol. The molecule has 6 nitrogen and oxygen atoms in total. The lowest BCUT2D eigenvalue weighted by molar-refractivity contribution is 0.205. The molecule has 2 aromatic carbocycles. The van der Waals surface area contributed by atoms with Crippen molar-refractivity contribution < 1.29 is 0 Å². The summed E-state index contributed by atoms with van der Waals surface area (Å²) in [6, 6.07) is 18.1. The van der Waals surface area contributed by atoms with Crippen LogP contribution in [0.2, 0.25) is 5.02 Å². The van der Waals surface area contributed by atoms with E-state index in [4.69, 9.17) is 27.3 Å². The van der Waals surface area contributed by atoms with E-state index in [0.29, 0.717) is 22.7 Å². The molecule has 1 fully saturated rings. The molecule has 150 valence electrons. The van der Waals surface area contributed by atoms with E-state index in [2.05, 4.69) is 22.2 Å². The van der Waals surface area contributed by atoms with Gasteiger partial charge in [-0.05, 0) is 25.2 Å². The highest BCUT2D eigenvalue weighted by Gasteiger charge is 2.25. The normalized spacial score (nSPS) is 14.6. The topological polar surface area (TPSA) is 80.0 Å². The van der Waals surface area contributed by atoms with E-state index in [1.54, 1.807) is 6.20 Å². The quantitative estimate of drug-likeness (QED) is 0.515. The molecule has 3 heterocycles. The molecule has 0 amide bonds. The first-order valence-electron chi connectivity index (χ1n) is 9.81. The number of halogens is 1. The van der Waals surface area contributed by atoms with Gasteiger partial charge >= 0.3 is 0 Å². The molecule has 7 heteroatoms. The van der Waals surface area contributed by atoms with Crippen molar-refractivity contribution in [3.63, 3.8) is 0 Å². The van der Waals surface area contributed by atoms with Crippen molar-refractivity contribution in [3.05, 3.63) is 65.8 Å². The van der Waals surface area contributed by atoms with Crippen molar-refractivity contribution in [2.75, 3.05) is 31.2 Å². The van der Waals surface area contributed by atoms with E-state index in [-0.39, 0.29) is 0 Å². The predicted molar refractivity (Wildman–Crippen MR) is 123 cm³/mol. The number of likely N-dealkylation sites (N-methyl/N-ethyl adjacent to an activating group) is 1. The third-order valence-corrected chi connectivity index (χ3v) is 5.59. The van der Waals surface area contributed by atoms with Gasteiger partial charge in [0, 0.05) is 35.8 Å². The van der Waals surface area contributed by atoms with Crippen LogP contribution in [0.5, 0.6) is 0 Å². The minimum Gasteiger partial charge on any atom is -0.381 e. The van der Waals surface area contributed by atoms with Crippen LogP contribution in [0.25, 0.3) is 33.4 Å². The fourth-order valence-corrected chi connectivity index (χ4v) is 4.10. The Kier molecular flexibility index (Phi) is 4.73. The largest absolute Gasteiger partial charge is 0.381 e. The van der Waals surface area contributed by atoms with E-state index in [0.717, 1.165) is 46.5 Å². The Morgan fingerprint density at radius 1 is 1.00 bits per heavy atom. The van der Waals surface area contributed by atoms with Gasteiger partial charge in [-0.25, -0.2) is 9.97 Å². The van der Waals surface area contributed by atoms with Gasteiger partial charge in [0.1, 0.15) is 0 Å². The summed E-state index contributed by atoms with van der Waals surface area (Å²) in [5.74, 6) is 0.992. The number of nitrogens with one attached hydrogen (secondary N) is 1. The molecule has 5 rings (SSSR count). The smallest absolute Gasteiger partial charge is 0.169 e. The van der Waals surface area contributed by atoms with Crippen LogP contribution in [0.15, 0.2) is 60.8 Å². The zero-order valence-corrected chi connectivity index (χ0v) is 17.3. The second-order valence-corrected chi connectivity index (χ2v) is 8.02. The van der Waals surface area contributed by atoms with Gasteiger partial charge in [-0.2, -0.15) is 0 Å². The Hall–Kier alpha value is -3.22. The molecule has 0 radical (unpaired) electrons. The molecular formula is C23H21ClN6. The second kappa shape index (κ2) is 7.55. The first-order chi connectivity index (χ1) is 14.6. The van der Waals surface area contributed by atoms with E-state index in [1.807, 2.05) is 54.6 Å². The maximum atomic E-state index is 6.56. The maximum absolute atomic E-state index is 6.56. The molecule has 0 spiro atoms. The van der Waals surface area contributed by atoms with Crippen LogP contribution in [0.1, 0.15) is 0 Å². The van der Waals surface area contributed by atoms with Crippen molar-refractivity contribution in [2.24, 2.45) is 0 Å². The third-order valence-electron chi connectivity index (χ3n) is 5.31. The van der Waals surface area contributed by atoms with Gasteiger partial charge in [0.25, 0.3) is 0 Å². The van der Waals surface area contributed by atoms with Crippen LogP contribution >= 0.6 is 11.6 Å². The lowest BCUT2D eigenvalue weighted by Crippen LogP contribution is -2.52. The van der Waals surface area contributed by atoms with Crippen molar-refractivity contribution >= 4 is 34.1 Å². The fourth-order valence-electron chi connectivity index (χ4n) is 3.82. The van der Waals surface area contributed by atoms with Gasteiger partial charge < -0.3 is 16.0 Å². The van der Waals surface area contributed by atoms with Crippen LogP contribution in [0, 0.1) is 0 Å². The number of hydrogen-bond donors (Lipinski definition) is 2. The lowest BCUT2D eigenvalue weighted by atomic mass is 10.0. The van der Waals surface area contributed by atoms with Crippen molar-refractivity contribution in [3.8, 4) is 22.5 Å². The summed E-state index contributed by atoms with van der Waals surface area (Å²) < 4.78 is 0. The number of hydrogen-bond acceptors (Lipinski definition) is 6. The summed E-state index contributed by atoms with van der Waals surface area (Å²) in [5, 5.41) is 4.96. The van der Waals surface area contributed by atoms with E-state index in [9.17, 15) is 0 Å². The Balaban J connectivity index is 1.68. The van der Waals surface area contributed by atoms with Crippen LogP contribution in [-0.4, -0.2) is 46.0 Å². The number of pyridine rings is 1. The van der Waals surface area contributed by atoms with Crippen molar-refractivity contribution in [1.82, 2.24) is 19.9 Å². The molecule has 0 bridgehead atoms. The SMILES string of the molecule is CN1CC(Nc2nc(-c3cc(Cl)c4ncccc4c3)c(-c3ccccc3)nc2N)C1. The standard InChI is InChI=1S/C23H21ClN6/c1-30-12-17(13-30)27-23-22(25)28-20(14-6-3-2-4-7-14)21(29-23)16-10-15-8-5-9-26-19(15)18(24)11-16/h2-11,17H,12-13H2,1H3,(H2,25,28)(H,27,29). The number of benzene rings is 2. The fraction of sp³-hybridized carbons (Fsp3) is 0.174. The number of nitrogen functional groups attached to an aromatic ring is 1. The highest BCUT2D eigenvalue weighted by molar-refractivity contribution is 6.35. The molecule has 30 heavy (non-hydrogen) atoms. The zero-order chi connectivity index (χ0) is 20.7. The third kappa shape index (κ3) is 3.44. The van der Waals surface area contributed by atoms with Gasteiger partial charge in [-0.1, -0.05) is 48.0 Å². The Bertz CT molecular complexity index is 1220. The van der Waals surface area contributed by atoms with Gasteiger partial charge in [0.05, 0.1) is 28.0 Å². The highest BCUT2D eigenvalue weighted by atomic mass is 35.5. The summed E-state index contributed by atoms with van der Waals surface area (Å²) in [6.07, 6.45) is 1.74. The average Bonchev–Trinajstić information content (AvgIpc) is 2.74. The van der Waals surface area contributed by atoms with Gasteiger partial charge in [0.15, 0.2) is 11.6 Å². The van der Waals surface area contributed by atoms with Crippen LogP contribution in [0.4, 0.5) is 11.6 Å². The number of fused-ring (bicyclic) bond motifs is 1. The molecule has 3 N–H and O–H groups in total. The first kappa shape index (κ1) is 18.8. The Morgan fingerprint density at radius 2 is 1.77 bits per heavy atom. The average molecular weight is 417 g/mol. The van der Waals surface area contributed by atoms with Gasteiger partial charge in [-0.3, -0.25) is 4.98 Å². The molecule has 1 aliphatic heterocycles. The number of rotatable bonds is 4. The molecule has 4 aromatic rings. The second-order valence-electron chi connectivity index (χ2n) is 7.62. The van der Waals surface area contributed by atoms with E-state index >= 15 is 0 Å². The van der Waals surface area contributed by atoms with E-state index < -0.39 is 0 Å². The maximum Gasteiger partial charge on any atom is 0.169 e. The highest BCUT2D eigenvalue weighted by Crippen LogP contribution is 2.36. The Morgan fingerprint density at radius 3 is 2.53 bits per heavy atom.